The van der Waals surface area contributed by atoms with Crippen molar-refractivity contribution in [1.29, 1.82) is 0 Å². The van der Waals surface area contributed by atoms with Gasteiger partial charge in [-0.05, 0) is 12.8 Å². The Labute approximate surface area is 132 Å². The minimum atomic E-state index is 0.130. The van der Waals surface area contributed by atoms with Crippen LogP contribution in [0.15, 0.2) is 12.1 Å². The highest BCUT2D eigenvalue weighted by molar-refractivity contribution is 5.80. The molecule has 0 radical (unpaired) electrons. The van der Waals surface area contributed by atoms with Crippen LogP contribution in [0.4, 0.5) is 0 Å². The number of ether oxygens (including phenoxy) is 2. The first-order chi connectivity index (χ1) is 10.6. The quantitative estimate of drug-likeness (QED) is 0.814. The molecule has 2 aromatic rings. The number of imidazole rings is 1. The predicted molar refractivity (Wildman–Crippen MR) is 89.7 cm³/mol. The van der Waals surface area contributed by atoms with Crippen molar-refractivity contribution >= 4 is 11.0 Å². The molecule has 0 spiro atoms. The monoisotopic (exact) mass is 305 g/mol. The van der Waals surface area contributed by atoms with Crippen molar-refractivity contribution in [3.05, 3.63) is 18.0 Å². The van der Waals surface area contributed by atoms with Crippen LogP contribution in [-0.2, 0) is 13.0 Å². The molecule has 0 bridgehead atoms. The summed E-state index contributed by atoms with van der Waals surface area (Å²) >= 11 is 0. The molecule has 0 aliphatic heterocycles. The molecule has 0 fully saturated rings. The molecule has 5 heteroatoms. The lowest BCUT2D eigenvalue weighted by atomic mass is 10.2. The van der Waals surface area contributed by atoms with E-state index in [-0.39, 0.29) is 6.04 Å². The summed E-state index contributed by atoms with van der Waals surface area (Å²) in [5.41, 5.74) is 8.17. The number of hydrogen-bond acceptors (Lipinski definition) is 4. The Balaban J connectivity index is 2.53. The maximum Gasteiger partial charge on any atom is 0.163 e. The van der Waals surface area contributed by atoms with Crippen molar-refractivity contribution in [3.8, 4) is 11.5 Å². The zero-order valence-corrected chi connectivity index (χ0v) is 14.1. The molecule has 1 aromatic carbocycles. The largest absolute Gasteiger partial charge is 0.493 e. The minimum Gasteiger partial charge on any atom is -0.493 e. The Kier molecular flexibility index (Phi) is 5.66. The molecular formula is C17H27N3O2. The first-order valence-electron chi connectivity index (χ1n) is 8.01. The lowest BCUT2D eigenvalue weighted by Crippen LogP contribution is -2.26. The summed E-state index contributed by atoms with van der Waals surface area (Å²) in [4.78, 5) is 4.79. The maximum absolute atomic E-state index is 6.17. The molecule has 0 aliphatic rings. The van der Waals surface area contributed by atoms with Crippen LogP contribution in [-0.4, -0.2) is 29.8 Å². The Morgan fingerprint density at radius 3 is 2.45 bits per heavy atom. The number of nitrogens with two attached hydrogens (primary N) is 1. The van der Waals surface area contributed by atoms with Gasteiger partial charge in [-0.15, -0.1) is 0 Å². The van der Waals surface area contributed by atoms with Gasteiger partial charge in [-0.1, -0.05) is 20.3 Å². The number of aryl methyl sites for hydroxylation is 1. The highest BCUT2D eigenvalue weighted by atomic mass is 16.5. The maximum atomic E-state index is 6.17. The number of methoxy groups -OCH3 is 2. The lowest BCUT2D eigenvalue weighted by molar-refractivity contribution is 0.355. The Bertz CT molecular complexity index is 622. The summed E-state index contributed by atoms with van der Waals surface area (Å²) in [6, 6.07) is 4.07. The van der Waals surface area contributed by atoms with Gasteiger partial charge in [0.15, 0.2) is 11.5 Å². The summed E-state index contributed by atoms with van der Waals surface area (Å²) in [5.74, 6) is 2.53. The molecule has 122 valence electrons. The lowest BCUT2D eigenvalue weighted by Gasteiger charge is -2.14. The second-order valence-corrected chi connectivity index (χ2v) is 5.61. The van der Waals surface area contributed by atoms with Crippen molar-refractivity contribution in [2.45, 2.75) is 52.1 Å². The first kappa shape index (κ1) is 16.6. The van der Waals surface area contributed by atoms with Crippen LogP contribution in [0, 0.1) is 0 Å². The van der Waals surface area contributed by atoms with Gasteiger partial charge in [0.25, 0.3) is 0 Å². The van der Waals surface area contributed by atoms with Gasteiger partial charge in [0, 0.05) is 31.1 Å². The number of aromatic nitrogens is 2. The van der Waals surface area contributed by atoms with Crippen LogP contribution in [0.25, 0.3) is 11.0 Å². The van der Waals surface area contributed by atoms with Crippen molar-refractivity contribution in [1.82, 2.24) is 9.55 Å². The average molecular weight is 305 g/mol. The molecule has 1 aromatic heterocycles. The van der Waals surface area contributed by atoms with Crippen molar-refractivity contribution in [3.63, 3.8) is 0 Å². The average Bonchev–Trinajstić information content (AvgIpc) is 2.87. The van der Waals surface area contributed by atoms with E-state index >= 15 is 0 Å². The van der Waals surface area contributed by atoms with Gasteiger partial charge in [0.1, 0.15) is 5.82 Å². The normalized spacial score (nSPS) is 12.6. The smallest absolute Gasteiger partial charge is 0.163 e. The van der Waals surface area contributed by atoms with Crippen LogP contribution in [0.5, 0.6) is 11.5 Å². The van der Waals surface area contributed by atoms with Gasteiger partial charge >= 0.3 is 0 Å². The standard InChI is InChI=1S/C17H27N3O2/c1-5-7-8-17-19-13-9-15(21-3)16(22-4)10-14(13)20(17)11-12(18)6-2/h9-10,12H,5-8,11,18H2,1-4H3. The molecule has 0 saturated carbocycles. The molecule has 1 atom stereocenters. The fourth-order valence-electron chi connectivity index (χ4n) is 2.59. The molecule has 2 rings (SSSR count). The molecule has 0 aliphatic carbocycles. The van der Waals surface area contributed by atoms with E-state index < -0.39 is 0 Å². The second-order valence-electron chi connectivity index (χ2n) is 5.61. The zero-order chi connectivity index (χ0) is 16.1. The molecule has 2 N–H and O–H groups in total. The molecule has 5 nitrogen and oxygen atoms in total. The molecule has 22 heavy (non-hydrogen) atoms. The van der Waals surface area contributed by atoms with Crippen molar-refractivity contribution < 1.29 is 9.47 Å². The molecule has 1 heterocycles. The van der Waals surface area contributed by atoms with E-state index in [4.69, 9.17) is 20.2 Å². The van der Waals surface area contributed by atoms with E-state index in [0.717, 1.165) is 54.8 Å². The third-order valence-electron chi connectivity index (χ3n) is 4.03. The number of rotatable bonds is 8. The van der Waals surface area contributed by atoms with Gasteiger partial charge in [-0.25, -0.2) is 4.98 Å². The summed E-state index contributed by atoms with van der Waals surface area (Å²) in [6.07, 6.45) is 4.18. The third kappa shape index (κ3) is 3.35. The fraction of sp³-hybridized carbons (Fsp3) is 0.588. The summed E-state index contributed by atoms with van der Waals surface area (Å²) in [7, 11) is 3.30. The van der Waals surface area contributed by atoms with Gasteiger partial charge in [0.05, 0.1) is 25.3 Å². The van der Waals surface area contributed by atoms with Crippen molar-refractivity contribution in [2.75, 3.05) is 14.2 Å². The topological polar surface area (TPSA) is 62.3 Å². The van der Waals surface area contributed by atoms with E-state index in [1.807, 2.05) is 12.1 Å². The zero-order valence-electron chi connectivity index (χ0n) is 14.1. The van der Waals surface area contributed by atoms with Gasteiger partial charge in [-0.2, -0.15) is 0 Å². The summed E-state index contributed by atoms with van der Waals surface area (Å²) in [6.45, 7) is 5.08. The first-order valence-corrected chi connectivity index (χ1v) is 8.01. The highest BCUT2D eigenvalue weighted by Crippen LogP contribution is 2.32. The number of benzene rings is 1. The Morgan fingerprint density at radius 2 is 1.86 bits per heavy atom. The summed E-state index contributed by atoms with van der Waals surface area (Å²) in [5, 5.41) is 0. The third-order valence-corrected chi connectivity index (χ3v) is 4.03. The van der Waals surface area contributed by atoms with E-state index in [9.17, 15) is 0 Å². The Morgan fingerprint density at radius 1 is 1.18 bits per heavy atom. The number of hydrogen-bond donors (Lipinski definition) is 1. The van der Waals surface area contributed by atoms with Gasteiger partial charge in [-0.3, -0.25) is 0 Å². The van der Waals surface area contributed by atoms with Crippen LogP contribution in [0.1, 0.15) is 38.9 Å². The highest BCUT2D eigenvalue weighted by Gasteiger charge is 2.16. The van der Waals surface area contributed by atoms with Crippen molar-refractivity contribution in [2.24, 2.45) is 5.73 Å². The number of unbranched alkanes of at least 4 members (excludes halogenated alkanes) is 1. The predicted octanol–water partition coefficient (Wildman–Crippen LogP) is 3.13. The molecule has 0 saturated heterocycles. The van der Waals surface area contributed by atoms with Gasteiger partial charge < -0.3 is 19.8 Å². The van der Waals surface area contributed by atoms with E-state index in [1.54, 1.807) is 14.2 Å². The molecule has 1 unspecified atom stereocenters. The number of nitrogens with zero attached hydrogens (tertiary/aromatic N) is 2. The second kappa shape index (κ2) is 7.49. The van der Waals surface area contributed by atoms with E-state index in [1.165, 1.54) is 0 Å². The fourth-order valence-corrected chi connectivity index (χ4v) is 2.59. The van der Waals surface area contributed by atoms with Gasteiger partial charge in [0.2, 0.25) is 0 Å². The van der Waals surface area contributed by atoms with E-state index in [0.29, 0.717) is 5.75 Å². The van der Waals surface area contributed by atoms with Crippen LogP contribution >= 0.6 is 0 Å². The molecular weight excluding hydrogens is 278 g/mol. The number of fused-ring (bicyclic) bond motifs is 1. The van der Waals surface area contributed by atoms with E-state index in [2.05, 4.69) is 18.4 Å². The summed E-state index contributed by atoms with van der Waals surface area (Å²) < 4.78 is 13.0. The van der Waals surface area contributed by atoms with Crippen LogP contribution in [0.2, 0.25) is 0 Å². The molecule has 0 amide bonds. The van der Waals surface area contributed by atoms with Crippen LogP contribution < -0.4 is 15.2 Å². The van der Waals surface area contributed by atoms with Crippen LogP contribution in [0.3, 0.4) is 0 Å². The minimum absolute atomic E-state index is 0.130. The Hall–Kier alpha value is -1.75. The SMILES string of the molecule is CCCCc1nc2cc(OC)c(OC)cc2n1CC(N)CC.